The van der Waals surface area contributed by atoms with Crippen LogP contribution in [0.4, 0.5) is 8.78 Å². The number of para-hydroxylation sites is 1. The lowest BCUT2D eigenvalue weighted by atomic mass is 10.1. The molecule has 0 aliphatic rings. The van der Waals surface area contributed by atoms with Gasteiger partial charge in [0, 0.05) is 17.8 Å². The standard InChI is InChI=1S/C22H23F2N3O3/c1-14-18(15(2)27(26-14)17-7-5-4-6-8-17)12-21(28)25-13-16-9-10-19(30-22(23)24)20(11-16)29-3/h4-11,22H,12-13H2,1-3H3,(H,25,28). The van der Waals surface area contributed by atoms with E-state index in [2.05, 4.69) is 15.2 Å². The molecule has 1 amide bonds. The van der Waals surface area contributed by atoms with Crippen LogP contribution in [0.3, 0.4) is 0 Å². The number of methoxy groups -OCH3 is 1. The molecule has 1 aromatic heterocycles. The zero-order valence-electron chi connectivity index (χ0n) is 17.0. The predicted molar refractivity (Wildman–Crippen MR) is 108 cm³/mol. The molecular formula is C22H23F2N3O3. The van der Waals surface area contributed by atoms with E-state index < -0.39 is 6.61 Å². The fourth-order valence-corrected chi connectivity index (χ4v) is 3.19. The number of aryl methyl sites for hydroxylation is 1. The maximum Gasteiger partial charge on any atom is 0.387 e. The monoisotopic (exact) mass is 415 g/mol. The Morgan fingerprint density at radius 2 is 1.87 bits per heavy atom. The fourth-order valence-electron chi connectivity index (χ4n) is 3.19. The van der Waals surface area contributed by atoms with Crippen LogP contribution < -0.4 is 14.8 Å². The summed E-state index contributed by atoms with van der Waals surface area (Å²) in [5, 5.41) is 7.39. The van der Waals surface area contributed by atoms with Gasteiger partial charge < -0.3 is 14.8 Å². The Hall–Kier alpha value is -3.42. The highest BCUT2D eigenvalue weighted by Gasteiger charge is 2.16. The Morgan fingerprint density at radius 3 is 2.53 bits per heavy atom. The van der Waals surface area contributed by atoms with Gasteiger partial charge in [-0.15, -0.1) is 0 Å². The third-order valence-electron chi connectivity index (χ3n) is 4.71. The Morgan fingerprint density at radius 1 is 1.13 bits per heavy atom. The number of nitrogens with one attached hydrogen (secondary N) is 1. The summed E-state index contributed by atoms with van der Waals surface area (Å²) >= 11 is 0. The van der Waals surface area contributed by atoms with Crippen molar-refractivity contribution in [3.05, 3.63) is 71.0 Å². The molecule has 30 heavy (non-hydrogen) atoms. The van der Waals surface area contributed by atoms with Crippen molar-refractivity contribution in [2.24, 2.45) is 0 Å². The van der Waals surface area contributed by atoms with Gasteiger partial charge in [-0.1, -0.05) is 24.3 Å². The highest BCUT2D eigenvalue weighted by Crippen LogP contribution is 2.29. The molecule has 6 nitrogen and oxygen atoms in total. The minimum atomic E-state index is -2.94. The van der Waals surface area contributed by atoms with Gasteiger partial charge in [0.15, 0.2) is 11.5 Å². The van der Waals surface area contributed by atoms with Crippen LogP contribution in [0.5, 0.6) is 11.5 Å². The number of carbonyl (C=O) groups is 1. The molecule has 1 heterocycles. The summed E-state index contributed by atoms with van der Waals surface area (Å²) in [6, 6.07) is 14.3. The Balaban J connectivity index is 1.66. The predicted octanol–water partition coefficient (Wildman–Crippen LogP) is 3.96. The molecule has 0 radical (unpaired) electrons. The third kappa shape index (κ3) is 4.94. The van der Waals surface area contributed by atoms with Crippen LogP contribution >= 0.6 is 0 Å². The van der Waals surface area contributed by atoms with Crippen molar-refractivity contribution in [2.75, 3.05) is 7.11 Å². The maximum atomic E-state index is 12.5. The van der Waals surface area contributed by atoms with Crippen LogP contribution in [0.25, 0.3) is 5.69 Å². The molecule has 0 atom stereocenters. The topological polar surface area (TPSA) is 65.4 Å². The van der Waals surface area contributed by atoms with Gasteiger partial charge in [0.1, 0.15) is 0 Å². The first-order chi connectivity index (χ1) is 14.4. The molecular weight excluding hydrogens is 392 g/mol. The lowest BCUT2D eigenvalue weighted by molar-refractivity contribution is -0.120. The van der Waals surface area contributed by atoms with Gasteiger partial charge in [-0.3, -0.25) is 4.79 Å². The lowest BCUT2D eigenvalue weighted by Crippen LogP contribution is -2.25. The first kappa shape index (κ1) is 21.3. The van der Waals surface area contributed by atoms with E-state index in [0.29, 0.717) is 5.56 Å². The van der Waals surface area contributed by atoms with Crippen molar-refractivity contribution in [3.8, 4) is 17.2 Å². The molecule has 8 heteroatoms. The van der Waals surface area contributed by atoms with Gasteiger partial charge in [-0.05, 0) is 43.7 Å². The normalized spacial score (nSPS) is 10.9. The first-order valence-corrected chi connectivity index (χ1v) is 9.38. The number of benzene rings is 2. The lowest BCUT2D eigenvalue weighted by Gasteiger charge is -2.12. The second-order valence-corrected chi connectivity index (χ2v) is 6.71. The summed E-state index contributed by atoms with van der Waals surface area (Å²) in [5.41, 5.74) is 4.21. The van der Waals surface area contributed by atoms with E-state index >= 15 is 0 Å². The van der Waals surface area contributed by atoms with Gasteiger partial charge >= 0.3 is 6.61 Å². The average molecular weight is 415 g/mol. The van der Waals surface area contributed by atoms with E-state index in [1.165, 1.54) is 13.2 Å². The van der Waals surface area contributed by atoms with Crippen LogP contribution in [-0.2, 0) is 17.8 Å². The van der Waals surface area contributed by atoms with Crippen LogP contribution in [0.1, 0.15) is 22.5 Å². The van der Waals surface area contributed by atoms with Gasteiger partial charge in [-0.2, -0.15) is 13.9 Å². The summed E-state index contributed by atoms with van der Waals surface area (Å²) in [5.74, 6) is -0.0410. The minimum absolute atomic E-state index is 0.0536. The van der Waals surface area contributed by atoms with Crippen molar-refractivity contribution in [1.82, 2.24) is 15.1 Å². The largest absolute Gasteiger partial charge is 0.493 e. The van der Waals surface area contributed by atoms with Crippen LogP contribution in [0.2, 0.25) is 0 Å². The summed E-state index contributed by atoms with van der Waals surface area (Å²) in [6.45, 7) is 1.10. The summed E-state index contributed by atoms with van der Waals surface area (Å²) in [7, 11) is 1.37. The molecule has 0 bridgehead atoms. The van der Waals surface area contributed by atoms with Crippen LogP contribution in [0, 0.1) is 13.8 Å². The van der Waals surface area contributed by atoms with E-state index in [0.717, 1.165) is 22.6 Å². The molecule has 3 rings (SSSR count). The van der Waals surface area contributed by atoms with E-state index in [9.17, 15) is 13.6 Å². The quantitative estimate of drug-likeness (QED) is 0.605. The average Bonchev–Trinajstić information content (AvgIpc) is 3.01. The number of hydrogen-bond donors (Lipinski definition) is 1. The van der Waals surface area contributed by atoms with Gasteiger partial charge in [-0.25, -0.2) is 4.68 Å². The number of nitrogens with zero attached hydrogens (tertiary/aromatic N) is 2. The molecule has 2 aromatic carbocycles. The number of amides is 1. The number of aromatic nitrogens is 2. The summed E-state index contributed by atoms with van der Waals surface area (Å²) in [4.78, 5) is 12.5. The Kier molecular flexibility index (Phi) is 6.66. The van der Waals surface area contributed by atoms with E-state index in [1.54, 1.807) is 12.1 Å². The zero-order chi connectivity index (χ0) is 21.7. The van der Waals surface area contributed by atoms with Gasteiger partial charge in [0.2, 0.25) is 5.91 Å². The van der Waals surface area contributed by atoms with Crippen molar-refractivity contribution in [3.63, 3.8) is 0 Å². The molecule has 0 unspecified atom stereocenters. The molecule has 0 fully saturated rings. The zero-order valence-corrected chi connectivity index (χ0v) is 17.0. The third-order valence-corrected chi connectivity index (χ3v) is 4.71. The Labute approximate surface area is 173 Å². The number of rotatable bonds is 8. The van der Waals surface area contributed by atoms with Crippen molar-refractivity contribution >= 4 is 5.91 Å². The summed E-state index contributed by atoms with van der Waals surface area (Å²) in [6.07, 6.45) is 0.189. The second-order valence-electron chi connectivity index (χ2n) is 6.71. The number of ether oxygens (including phenoxy) is 2. The fraction of sp³-hybridized carbons (Fsp3) is 0.273. The van der Waals surface area contributed by atoms with Gasteiger partial charge in [0.25, 0.3) is 0 Å². The Bertz CT molecular complexity index is 1020. The van der Waals surface area contributed by atoms with E-state index in [1.807, 2.05) is 48.9 Å². The maximum absolute atomic E-state index is 12.5. The molecule has 0 spiro atoms. The number of alkyl halides is 2. The van der Waals surface area contributed by atoms with E-state index in [4.69, 9.17) is 4.74 Å². The SMILES string of the molecule is COc1cc(CNC(=O)Cc2c(C)nn(-c3ccccc3)c2C)ccc1OC(F)F. The number of carbonyl (C=O) groups excluding carboxylic acids is 1. The molecule has 1 N–H and O–H groups in total. The highest BCUT2D eigenvalue weighted by molar-refractivity contribution is 5.79. The smallest absolute Gasteiger partial charge is 0.387 e. The van der Waals surface area contributed by atoms with Crippen LogP contribution in [-0.4, -0.2) is 29.4 Å². The number of halogens is 2. The van der Waals surface area contributed by atoms with Crippen molar-refractivity contribution in [2.45, 2.75) is 33.4 Å². The van der Waals surface area contributed by atoms with E-state index in [-0.39, 0.29) is 30.4 Å². The molecule has 0 saturated carbocycles. The molecule has 0 aliphatic heterocycles. The molecule has 0 saturated heterocycles. The van der Waals surface area contributed by atoms with Gasteiger partial charge in [0.05, 0.1) is 24.9 Å². The highest BCUT2D eigenvalue weighted by atomic mass is 19.3. The summed E-state index contributed by atoms with van der Waals surface area (Å²) < 4.78 is 36.2. The number of hydrogen-bond acceptors (Lipinski definition) is 4. The van der Waals surface area contributed by atoms with Crippen LogP contribution in [0.15, 0.2) is 48.5 Å². The molecule has 3 aromatic rings. The van der Waals surface area contributed by atoms with Crippen molar-refractivity contribution in [1.29, 1.82) is 0 Å². The second kappa shape index (κ2) is 9.39. The minimum Gasteiger partial charge on any atom is -0.493 e. The molecule has 0 aliphatic carbocycles. The molecule has 158 valence electrons. The van der Waals surface area contributed by atoms with Crippen molar-refractivity contribution < 1.29 is 23.0 Å². The first-order valence-electron chi connectivity index (χ1n) is 9.38.